The summed E-state index contributed by atoms with van der Waals surface area (Å²) in [7, 11) is 0. The Kier molecular flexibility index (Phi) is 4.02. The van der Waals surface area contributed by atoms with Crippen molar-refractivity contribution in [1.82, 2.24) is 0 Å². The number of hydrogen-bond donors (Lipinski definition) is 0. The van der Waals surface area contributed by atoms with Crippen LogP contribution in [0.1, 0.15) is 1.43 Å². The number of ether oxygens (including phenoxy) is 2. The molecule has 1 rings (SSSR count). The van der Waals surface area contributed by atoms with E-state index in [1.165, 1.54) is 0 Å². The fraction of sp³-hybridized carbons (Fsp3) is 1.00. The first-order chi connectivity index (χ1) is 2.50. The molecular weight excluding hydrogens is 75.0 g/mol. The monoisotopic (exact) mass is 82.1 g/mol. The van der Waals surface area contributed by atoms with Gasteiger partial charge in [-0.15, -0.1) is 0 Å². The Morgan fingerprint density at radius 2 is 1.67 bits per heavy atom. The van der Waals surface area contributed by atoms with Crippen molar-refractivity contribution >= 4 is 0 Å². The molecule has 0 amide bonds. The van der Waals surface area contributed by atoms with E-state index in [4.69, 9.17) is 9.47 Å². The molecule has 0 atom stereocenters. The zero-order valence-corrected chi connectivity index (χ0v) is 3.94. The Hall–Kier alpha value is 0.517. The molecule has 0 aromatic heterocycles. The molecule has 0 aromatic rings. The van der Waals surface area contributed by atoms with Gasteiger partial charge in [0.15, 0.2) is 0 Å². The van der Waals surface area contributed by atoms with Crippen molar-refractivity contribution in [2.45, 2.75) is 0 Å². The van der Waals surface area contributed by atoms with Crippen molar-refractivity contribution in [3.63, 3.8) is 0 Å². The van der Waals surface area contributed by atoms with Crippen LogP contribution in [0.5, 0.6) is 0 Å². The van der Waals surface area contributed by atoms with Crippen LogP contribution in [-0.4, -0.2) is 20.0 Å². The summed E-state index contributed by atoms with van der Waals surface area (Å²) in [5, 5.41) is 0. The van der Waals surface area contributed by atoms with Gasteiger partial charge in [-0.1, -0.05) is 0 Å². The minimum Gasteiger partial charge on any atom is -1.00 e. The molecule has 0 aliphatic carbocycles. The topological polar surface area (TPSA) is 18.5 Å². The summed E-state index contributed by atoms with van der Waals surface area (Å²) >= 11 is 0. The van der Waals surface area contributed by atoms with Crippen LogP contribution in [0.15, 0.2) is 0 Å². The third kappa shape index (κ3) is 1.84. The molecule has 0 spiro atoms. The second-order valence-electron chi connectivity index (χ2n) is 0.934. The molecule has 1 heterocycles. The molecule has 32 valence electrons. The fourth-order valence-electron chi connectivity index (χ4n) is 0.295. The van der Waals surface area contributed by atoms with Crippen molar-refractivity contribution in [1.29, 1.82) is 0 Å². The summed E-state index contributed by atoms with van der Waals surface area (Å²) in [6, 6.07) is 0. The van der Waals surface area contributed by atoms with E-state index in [1.54, 1.807) is 0 Å². The van der Waals surface area contributed by atoms with Crippen LogP contribution in [-0.2, 0) is 9.47 Å². The summed E-state index contributed by atoms with van der Waals surface area (Å²) in [4.78, 5) is 0. The van der Waals surface area contributed by atoms with Gasteiger partial charge in [0.1, 0.15) is 6.79 Å². The molecule has 3 heteroatoms. The molecular formula is C3H7LiO2. The Morgan fingerprint density at radius 3 is 1.83 bits per heavy atom. The van der Waals surface area contributed by atoms with Crippen molar-refractivity contribution in [3.8, 4) is 0 Å². The second-order valence-corrected chi connectivity index (χ2v) is 0.934. The van der Waals surface area contributed by atoms with Gasteiger partial charge in [-0.25, -0.2) is 0 Å². The third-order valence-electron chi connectivity index (χ3n) is 0.539. The summed E-state index contributed by atoms with van der Waals surface area (Å²) in [6.07, 6.45) is 0. The van der Waals surface area contributed by atoms with E-state index in [0.29, 0.717) is 6.79 Å². The number of rotatable bonds is 0. The Balaban J connectivity index is 0. The maximum atomic E-state index is 4.72. The zero-order chi connectivity index (χ0) is 3.54. The molecule has 0 N–H and O–H groups in total. The molecule has 1 aliphatic heterocycles. The molecule has 1 fully saturated rings. The first-order valence-electron chi connectivity index (χ1n) is 1.65. The van der Waals surface area contributed by atoms with E-state index in [0.717, 1.165) is 13.2 Å². The second kappa shape index (κ2) is 3.70. The van der Waals surface area contributed by atoms with Gasteiger partial charge in [0.05, 0.1) is 13.2 Å². The summed E-state index contributed by atoms with van der Waals surface area (Å²) < 4.78 is 9.44. The van der Waals surface area contributed by atoms with Gasteiger partial charge in [0.25, 0.3) is 0 Å². The maximum Gasteiger partial charge on any atom is 1.00 e. The van der Waals surface area contributed by atoms with E-state index < -0.39 is 0 Å². The van der Waals surface area contributed by atoms with E-state index in [-0.39, 0.29) is 20.3 Å². The predicted molar refractivity (Wildman–Crippen MR) is 17.9 cm³/mol. The summed E-state index contributed by atoms with van der Waals surface area (Å²) in [6.45, 7) is 2.06. The van der Waals surface area contributed by atoms with E-state index in [1.807, 2.05) is 0 Å². The van der Waals surface area contributed by atoms with Crippen molar-refractivity contribution in [2.75, 3.05) is 20.0 Å². The fourth-order valence-corrected chi connectivity index (χ4v) is 0.295. The smallest absolute Gasteiger partial charge is 1.00 e. The van der Waals surface area contributed by atoms with Crippen LogP contribution in [0.2, 0.25) is 0 Å². The van der Waals surface area contributed by atoms with Gasteiger partial charge < -0.3 is 10.9 Å². The minimum atomic E-state index is 0. The molecule has 0 saturated carbocycles. The molecule has 0 bridgehead atoms. The molecule has 0 radical (unpaired) electrons. The number of hydrogen-bond acceptors (Lipinski definition) is 2. The molecule has 0 aromatic carbocycles. The van der Waals surface area contributed by atoms with Gasteiger partial charge in [-0.3, -0.25) is 0 Å². The van der Waals surface area contributed by atoms with Crippen molar-refractivity contribution < 1.29 is 29.8 Å². The molecule has 1 saturated heterocycles. The molecule has 6 heavy (non-hydrogen) atoms. The van der Waals surface area contributed by atoms with E-state index in [9.17, 15) is 0 Å². The first-order valence-corrected chi connectivity index (χ1v) is 1.65. The minimum absolute atomic E-state index is 0. The maximum absolute atomic E-state index is 4.72. The van der Waals surface area contributed by atoms with Crippen LogP contribution in [0.4, 0.5) is 0 Å². The van der Waals surface area contributed by atoms with Crippen LogP contribution in [0.3, 0.4) is 0 Å². The molecule has 1 aliphatic rings. The SMILES string of the molecule is C1COCO1.[H-].[Li+]. The largest absolute Gasteiger partial charge is 1.00 e. The van der Waals surface area contributed by atoms with Gasteiger partial charge in [-0.05, 0) is 0 Å². The zero-order valence-electron chi connectivity index (χ0n) is 4.94. The van der Waals surface area contributed by atoms with Crippen LogP contribution in [0, 0.1) is 0 Å². The molecule has 2 nitrogen and oxygen atoms in total. The average molecular weight is 82.0 g/mol. The predicted octanol–water partition coefficient (Wildman–Crippen LogP) is -2.89. The van der Waals surface area contributed by atoms with Crippen LogP contribution < -0.4 is 18.9 Å². The van der Waals surface area contributed by atoms with Gasteiger partial charge in [-0.2, -0.15) is 0 Å². The van der Waals surface area contributed by atoms with E-state index in [2.05, 4.69) is 0 Å². The van der Waals surface area contributed by atoms with Gasteiger partial charge >= 0.3 is 18.9 Å². The van der Waals surface area contributed by atoms with E-state index >= 15 is 0 Å². The van der Waals surface area contributed by atoms with Crippen LogP contribution in [0.25, 0.3) is 0 Å². The Morgan fingerprint density at radius 1 is 1.17 bits per heavy atom. The normalized spacial score (nSPS) is 20.0. The standard InChI is InChI=1S/C3H6O2.Li.H/c1-2-5-3-4-1;;/h1-3H2;;/q;+1;-1. The summed E-state index contributed by atoms with van der Waals surface area (Å²) in [5.74, 6) is 0. The van der Waals surface area contributed by atoms with Gasteiger partial charge in [0, 0.05) is 0 Å². The summed E-state index contributed by atoms with van der Waals surface area (Å²) in [5.41, 5.74) is 0. The Bertz CT molecular complexity index is 24.5. The van der Waals surface area contributed by atoms with Gasteiger partial charge in [0.2, 0.25) is 0 Å². The van der Waals surface area contributed by atoms with Crippen molar-refractivity contribution in [2.24, 2.45) is 0 Å². The average Bonchev–Trinajstić information content (AvgIpc) is 1.76. The molecule has 0 unspecified atom stereocenters. The quantitative estimate of drug-likeness (QED) is 0.292. The first kappa shape index (κ1) is 6.52. The Labute approximate surface area is 50.5 Å². The third-order valence-corrected chi connectivity index (χ3v) is 0.539. The van der Waals surface area contributed by atoms with Crippen LogP contribution >= 0.6 is 0 Å². The van der Waals surface area contributed by atoms with Crippen molar-refractivity contribution in [3.05, 3.63) is 0 Å².